The van der Waals surface area contributed by atoms with E-state index in [1.165, 1.54) is 4.90 Å². The number of morpholine rings is 1. The van der Waals surface area contributed by atoms with Gasteiger partial charge in [0, 0.05) is 13.1 Å². The summed E-state index contributed by atoms with van der Waals surface area (Å²) in [6, 6.07) is 17.0. The first kappa shape index (κ1) is 21.1. The monoisotopic (exact) mass is 420 g/mol. The molecule has 0 bridgehead atoms. The zero-order chi connectivity index (χ0) is 22.0. The topological polar surface area (TPSA) is 59.1 Å². The predicted molar refractivity (Wildman–Crippen MR) is 118 cm³/mol. The summed E-state index contributed by atoms with van der Waals surface area (Å²) in [5.41, 5.74) is 2.55. The number of ether oxygens (including phenoxy) is 2. The Morgan fingerprint density at radius 3 is 2.19 bits per heavy atom. The third kappa shape index (κ3) is 4.35. The van der Waals surface area contributed by atoms with Crippen molar-refractivity contribution in [1.29, 1.82) is 0 Å². The van der Waals surface area contributed by atoms with Gasteiger partial charge >= 0.3 is 0 Å². The summed E-state index contributed by atoms with van der Waals surface area (Å²) in [5, 5.41) is 0. The average Bonchev–Trinajstić information content (AvgIpc) is 2.99. The van der Waals surface area contributed by atoms with Crippen molar-refractivity contribution in [2.75, 3.05) is 19.7 Å². The first-order chi connectivity index (χ1) is 15.0. The number of nitrogens with zero attached hydrogens (tertiary/aromatic N) is 2. The first-order valence-electron chi connectivity index (χ1n) is 10.8. The van der Waals surface area contributed by atoms with Crippen LogP contribution in [0.15, 0.2) is 60.3 Å². The van der Waals surface area contributed by atoms with Crippen LogP contribution < -0.4 is 4.74 Å². The zero-order valence-corrected chi connectivity index (χ0v) is 18.2. The molecular formula is C25H28N2O4. The molecule has 2 heterocycles. The summed E-state index contributed by atoms with van der Waals surface area (Å²) >= 11 is 0. The predicted octanol–water partition coefficient (Wildman–Crippen LogP) is 3.47. The molecule has 162 valence electrons. The Kier molecular flexibility index (Phi) is 6.09. The molecule has 0 aromatic heterocycles. The SMILES string of the molecule is CCOc1ccc(C2=C(N3CC(C)OC(C)C3)C(=O)N(Cc3ccccc3)C2=O)cc1. The smallest absolute Gasteiger partial charge is 0.278 e. The summed E-state index contributed by atoms with van der Waals surface area (Å²) in [6.07, 6.45) is -0.0483. The minimum atomic E-state index is -0.264. The number of carbonyl (C=O) groups excluding carboxylic acids is 2. The van der Waals surface area contributed by atoms with Crippen molar-refractivity contribution >= 4 is 17.4 Å². The molecule has 2 aliphatic rings. The van der Waals surface area contributed by atoms with E-state index in [0.717, 1.165) is 16.9 Å². The van der Waals surface area contributed by atoms with Crippen LogP contribution >= 0.6 is 0 Å². The Hall–Kier alpha value is -3.12. The van der Waals surface area contributed by atoms with E-state index < -0.39 is 0 Å². The molecule has 0 aliphatic carbocycles. The summed E-state index contributed by atoms with van der Waals surface area (Å²) in [5.74, 6) is 0.221. The van der Waals surface area contributed by atoms with Crippen molar-refractivity contribution in [3.8, 4) is 5.75 Å². The van der Waals surface area contributed by atoms with Crippen molar-refractivity contribution in [2.24, 2.45) is 0 Å². The molecule has 4 rings (SSSR count). The maximum Gasteiger partial charge on any atom is 0.278 e. The van der Waals surface area contributed by atoms with Crippen LogP contribution in [0.1, 0.15) is 31.9 Å². The number of amides is 2. The van der Waals surface area contributed by atoms with Gasteiger partial charge < -0.3 is 14.4 Å². The second-order valence-corrected chi connectivity index (χ2v) is 8.03. The Morgan fingerprint density at radius 2 is 1.58 bits per heavy atom. The van der Waals surface area contributed by atoms with Gasteiger partial charge in [0.25, 0.3) is 11.8 Å². The molecule has 0 spiro atoms. The van der Waals surface area contributed by atoms with Gasteiger partial charge in [-0.3, -0.25) is 14.5 Å². The molecule has 6 heteroatoms. The molecule has 2 atom stereocenters. The number of hydrogen-bond acceptors (Lipinski definition) is 5. The molecule has 0 radical (unpaired) electrons. The van der Waals surface area contributed by atoms with E-state index in [0.29, 0.717) is 31.0 Å². The van der Waals surface area contributed by atoms with Crippen LogP contribution in [-0.4, -0.2) is 53.5 Å². The highest BCUT2D eigenvalue weighted by atomic mass is 16.5. The molecular weight excluding hydrogens is 392 g/mol. The number of hydrogen-bond donors (Lipinski definition) is 0. The van der Waals surface area contributed by atoms with Crippen LogP contribution in [0, 0.1) is 0 Å². The molecule has 2 aromatic carbocycles. The average molecular weight is 421 g/mol. The Morgan fingerprint density at radius 1 is 0.935 bits per heavy atom. The highest BCUT2D eigenvalue weighted by Gasteiger charge is 2.43. The fourth-order valence-electron chi connectivity index (χ4n) is 4.27. The van der Waals surface area contributed by atoms with Gasteiger partial charge in [-0.05, 0) is 44.0 Å². The maximum absolute atomic E-state index is 13.5. The molecule has 1 saturated heterocycles. The second-order valence-electron chi connectivity index (χ2n) is 8.03. The molecule has 1 fully saturated rings. The lowest BCUT2D eigenvalue weighted by molar-refractivity contribution is -0.139. The fraction of sp³-hybridized carbons (Fsp3) is 0.360. The van der Waals surface area contributed by atoms with Crippen molar-refractivity contribution < 1.29 is 19.1 Å². The van der Waals surface area contributed by atoms with Gasteiger partial charge in [-0.15, -0.1) is 0 Å². The standard InChI is InChI=1S/C25H28N2O4/c1-4-30-21-12-10-20(11-13-21)22-23(26-14-17(2)31-18(3)15-26)25(29)27(24(22)28)16-19-8-6-5-7-9-19/h5-13,17-18H,4,14-16H2,1-3H3. The van der Waals surface area contributed by atoms with E-state index in [-0.39, 0.29) is 30.6 Å². The van der Waals surface area contributed by atoms with Crippen LogP contribution in [0.4, 0.5) is 0 Å². The van der Waals surface area contributed by atoms with E-state index in [2.05, 4.69) is 0 Å². The molecule has 0 saturated carbocycles. The number of benzene rings is 2. The second kappa shape index (κ2) is 8.94. The van der Waals surface area contributed by atoms with Crippen molar-refractivity contribution in [1.82, 2.24) is 9.80 Å². The van der Waals surface area contributed by atoms with E-state index in [1.807, 2.05) is 80.3 Å². The van der Waals surface area contributed by atoms with Gasteiger partial charge in [-0.2, -0.15) is 0 Å². The van der Waals surface area contributed by atoms with Gasteiger partial charge in [0.2, 0.25) is 0 Å². The number of rotatable bonds is 6. The Balaban J connectivity index is 1.73. The molecule has 2 aliphatic heterocycles. The van der Waals surface area contributed by atoms with Crippen LogP contribution in [0.25, 0.3) is 5.57 Å². The quantitative estimate of drug-likeness (QED) is 0.670. The maximum atomic E-state index is 13.5. The van der Waals surface area contributed by atoms with Crippen molar-refractivity contribution in [2.45, 2.75) is 39.5 Å². The van der Waals surface area contributed by atoms with Gasteiger partial charge in [0.15, 0.2) is 0 Å². The summed E-state index contributed by atoms with van der Waals surface area (Å²) in [6.45, 7) is 7.86. The normalized spacial score (nSPS) is 21.8. The van der Waals surface area contributed by atoms with Gasteiger partial charge in [0.05, 0.1) is 30.9 Å². The van der Waals surface area contributed by atoms with Gasteiger partial charge in [-0.1, -0.05) is 42.5 Å². The molecule has 2 amide bonds. The molecule has 2 aromatic rings. The highest BCUT2D eigenvalue weighted by molar-refractivity contribution is 6.35. The van der Waals surface area contributed by atoms with E-state index in [4.69, 9.17) is 9.47 Å². The van der Waals surface area contributed by atoms with Crippen LogP contribution in [0.2, 0.25) is 0 Å². The Bertz CT molecular complexity index is 974. The third-order valence-electron chi connectivity index (χ3n) is 5.52. The molecule has 2 unspecified atom stereocenters. The third-order valence-corrected chi connectivity index (χ3v) is 5.52. The Labute approximate surface area is 183 Å². The molecule has 0 N–H and O–H groups in total. The summed E-state index contributed by atoms with van der Waals surface area (Å²) in [7, 11) is 0. The van der Waals surface area contributed by atoms with E-state index in [9.17, 15) is 9.59 Å². The fourth-order valence-corrected chi connectivity index (χ4v) is 4.27. The van der Waals surface area contributed by atoms with Crippen LogP contribution in [-0.2, 0) is 20.9 Å². The zero-order valence-electron chi connectivity index (χ0n) is 18.2. The van der Waals surface area contributed by atoms with E-state index in [1.54, 1.807) is 0 Å². The van der Waals surface area contributed by atoms with Crippen LogP contribution in [0.5, 0.6) is 5.75 Å². The van der Waals surface area contributed by atoms with Crippen molar-refractivity contribution in [3.63, 3.8) is 0 Å². The highest BCUT2D eigenvalue weighted by Crippen LogP contribution is 2.34. The van der Waals surface area contributed by atoms with Crippen LogP contribution in [0.3, 0.4) is 0 Å². The summed E-state index contributed by atoms with van der Waals surface area (Å²) in [4.78, 5) is 30.4. The largest absolute Gasteiger partial charge is 0.494 e. The van der Waals surface area contributed by atoms with Gasteiger partial charge in [0.1, 0.15) is 11.4 Å². The molecule has 31 heavy (non-hydrogen) atoms. The van der Waals surface area contributed by atoms with E-state index >= 15 is 0 Å². The van der Waals surface area contributed by atoms with Crippen molar-refractivity contribution in [3.05, 3.63) is 71.4 Å². The van der Waals surface area contributed by atoms with Gasteiger partial charge in [-0.25, -0.2) is 0 Å². The minimum Gasteiger partial charge on any atom is -0.494 e. The summed E-state index contributed by atoms with van der Waals surface area (Å²) < 4.78 is 11.4. The lowest BCUT2D eigenvalue weighted by Crippen LogP contribution is -2.46. The first-order valence-corrected chi connectivity index (χ1v) is 10.8. The number of imide groups is 1. The molecule has 6 nitrogen and oxygen atoms in total. The minimum absolute atomic E-state index is 0.0242. The lowest BCUT2D eigenvalue weighted by Gasteiger charge is -2.37. The lowest BCUT2D eigenvalue weighted by atomic mass is 10.0. The number of carbonyl (C=O) groups is 2.